The Bertz CT molecular complexity index is 109. The molecule has 2 N–H and O–H groups in total. The van der Waals surface area contributed by atoms with Crippen LogP contribution in [0.15, 0.2) is 0 Å². The van der Waals surface area contributed by atoms with E-state index in [1.165, 1.54) is 6.42 Å². The zero-order valence-electron chi connectivity index (χ0n) is 6.65. The second kappa shape index (κ2) is 1.98. The summed E-state index contributed by atoms with van der Waals surface area (Å²) >= 11 is 0. The minimum atomic E-state index is 0.508. The predicted molar refractivity (Wildman–Crippen MR) is 40.1 cm³/mol. The molecule has 1 fully saturated rings. The van der Waals surface area contributed by atoms with Gasteiger partial charge in [0.05, 0.1) is 0 Å². The van der Waals surface area contributed by atoms with Crippen LogP contribution in [0.5, 0.6) is 0 Å². The van der Waals surface area contributed by atoms with Crippen LogP contribution in [0, 0.1) is 17.3 Å². The van der Waals surface area contributed by atoms with Crippen molar-refractivity contribution >= 4 is 0 Å². The summed E-state index contributed by atoms with van der Waals surface area (Å²) in [5, 5.41) is 0. The molecule has 0 aliphatic heterocycles. The van der Waals surface area contributed by atoms with Gasteiger partial charge in [-0.2, -0.15) is 0 Å². The summed E-state index contributed by atoms with van der Waals surface area (Å²) in [6.07, 6.45) is 1.35. The first-order valence-corrected chi connectivity index (χ1v) is 3.80. The summed E-state index contributed by atoms with van der Waals surface area (Å²) in [7, 11) is 0. The van der Waals surface area contributed by atoms with Crippen LogP contribution in [-0.2, 0) is 0 Å². The minimum absolute atomic E-state index is 0.508. The molecular formula is C8H17N. The molecule has 1 aliphatic rings. The highest BCUT2D eigenvalue weighted by molar-refractivity contribution is 5.00. The Morgan fingerprint density at radius 1 is 1.67 bits per heavy atom. The van der Waals surface area contributed by atoms with Crippen LogP contribution in [0.2, 0.25) is 0 Å². The van der Waals surface area contributed by atoms with Crippen LogP contribution in [0.25, 0.3) is 0 Å². The molecule has 54 valence electrons. The monoisotopic (exact) mass is 127 g/mol. The van der Waals surface area contributed by atoms with Crippen LogP contribution < -0.4 is 5.73 Å². The van der Waals surface area contributed by atoms with E-state index in [2.05, 4.69) is 20.8 Å². The van der Waals surface area contributed by atoms with E-state index in [9.17, 15) is 0 Å². The molecule has 2 atom stereocenters. The minimum Gasteiger partial charge on any atom is -0.330 e. The van der Waals surface area contributed by atoms with E-state index in [-0.39, 0.29) is 0 Å². The van der Waals surface area contributed by atoms with Gasteiger partial charge < -0.3 is 5.73 Å². The summed E-state index contributed by atoms with van der Waals surface area (Å²) in [6.45, 7) is 7.73. The van der Waals surface area contributed by atoms with Crippen LogP contribution in [-0.4, -0.2) is 6.54 Å². The summed E-state index contributed by atoms with van der Waals surface area (Å²) in [4.78, 5) is 0. The zero-order chi connectivity index (χ0) is 7.07. The van der Waals surface area contributed by atoms with E-state index in [0.29, 0.717) is 5.41 Å². The lowest BCUT2D eigenvalue weighted by Gasteiger charge is -2.08. The topological polar surface area (TPSA) is 26.0 Å². The first kappa shape index (κ1) is 7.07. The largest absolute Gasteiger partial charge is 0.330 e. The Kier molecular flexibility index (Phi) is 1.55. The van der Waals surface area contributed by atoms with E-state index in [0.717, 1.165) is 18.4 Å². The van der Waals surface area contributed by atoms with Gasteiger partial charge in [-0.25, -0.2) is 0 Å². The predicted octanol–water partition coefficient (Wildman–Crippen LogP) is 1.63. The quantitative estimate of drug-likeness (QED) is 0.599. The Balaban J connectivity index is 2.38. The van der Waals surface area contributed by atoms with E-state index in [1.54, 1.807) is 0 Å². The lowest BCUT2D eigenvalue weighted by Crippen LogP contribution is -2.15. The summed E-state index contributed by atoms with van der Waals surface area (Å²) in [5.74, 6) is 1.74. The average molecular weight is 127 g/mol. The molecular weight excluding hydrogens is 110 g/mol. The SMILES string of the molecule is CC(C)C1CC1(C)CN. The molecule has 1 saturated carbocycles. The van der Waals surface area contributed by atoms with Gasteiger partial charge in [-0.15, -0.1) is 0 Å². The van der Waals surface area contributed by atoms with Crippen LogP contribution in [0.1, 0.15) is 27.2 Å². The molecule has 0 aromatic rings. The molecule has 1 aliphatic carbocycles. The number of hydrogen-bond donors (Lipinski definition) is 1. The Hall–Kier alpha value is -0.0400. The molecule has 0 amide bonds. The molecule has 0 aromatic carbocycles. The fraction of sp³-hybridized carbons (Fsp3) is 1.00. The van der Waals surface area contributed by atoms with Gasteiger partial charge in [-0.05, 0) is 30.2 Å². The van der Waals surface area contributed by atoms with Gasteiger partial charge in [-0.3, -0.25) is 0 Å². The third kappa shape index (κ3) is 1.11. The molecule has 9 heavy (non-hydrogen) atoms. The molecule has 0 bridgehead atoms. The fourth-order valence-electron chi connectivity index (χ4n) is 1.72. The van der Waals surface area contributed by atoms with Gasteiger partial charge >= 0.3 is 0 Å². The second-order valence-electron chi connectivity index (χ2n) is 3.91. The molecule has 1 rings (SSSR count). The lowest BCUT2D eigenvalue weighted by atomic mass is 9.99. The summed E-state index contributed by atoms with van der Waals surface area (Å²) in [6, 6.07) is 0. The van der Waals surface area contributed by atoms with E-state index in [1.807, 2.05) is 0 Å². The molecule has 0 radical (unpaired) electrons. The highest BCUT2D eigenvalue weighted by Gasteiger charge is 2.49. The van der Waals surface area contributed by atoms with Crippen molar-refractivity contribution in [3.8, 4) is 0 Å². The number of rotatable bonds is 2. The van der Waals surface area contributed by atoms with Crippen LogP contribution in [0.3, 0.4) is 0 Å². The van der Waals surface area contributed by atoms with Crippen LogP contribution in [0.4, 0.5) is 0 Å². The average Bonchev–Trinajstić information content (AvgIpc) is 2.44. The van der Waals surface area contributed by atoms with Gasteiger partial charge in [0.25, 0.3) is 0 Å². The summed E-state index contributed by atoms with van der Waals surface area (Å²) in [5.41, 5.74) is 6.10. The van der Waals surface area contributed by atoms with Crippen molar-refractivity contribution in [3.63, 3.8) is 0 Å². The van der Waals surface area contributed by atoms with Crippen molar-refractivity contribution < 1.29 is 0 Å². The third-order valence-electron chi connectivity index (χ3n) is 2.69. The molecule has 1 heteroatoms. The van der Waals surface area contributed by atoms with Gasteiger partial charge in [-0.1, -0.05) is 20.8 Å². The smallest absolute Gasteiger partial charge is 0.00203 e. The van der Waals surface area contributed by atoms with E-state index in [4.69, 9.17) is 5.73 Å². The summed E-state index contributed by atoms with van der Waals surface area (Å²) < 4.78 is 0. The lowest BCUT2D eigenvalue weighted by molar-refractivity contribution is 0.430. The highest BCUT2D eigenvalue weighted by Crippen LogP contribution is 2.55. The maximum Gasteiger partial charge on any atom is -0.00203 e. The van der Waals surface area contributed by atoms with Crippen molar-refractivity contribution in [1.82, 2.24) is 0 Å². The van der Waals surface area contributed by atoms with Crippen molar-refractivity contribution in [2.45, 2.75) is 27.2 Å². The molecule has 0 spiro atoms. The van der Waals surface area contributed by atoms with Crippen LogP contribution >= 0.6 is 0 Å². The maximum atomic E-state index is 5.60. The van der Waals surface area contributed by atoms with Crippen molar-refractivity contribution in [3.05, 3.63) is 0 Å². The second-order valence-corrected chi connectivity index (χ2v) is 3.91. The Labute approximate surface area is 57.6 Å². The maximum absolute atomic E-state index is 5.60. The first-order chi connectivity index (χ1) is 4.10. The first-order valence-electron chi connectivity index (χ1n) is 3.80. The van der Waals surface area contributed by atoms with Gasteiger partial charge in [0.2, 0.25) is 0 Å². The molecule has 1 nitrogen and oxygen atoms in total. The normalized spacial score (nSPS) is 41.7. The molecule has 0 heterocycles. The standard InChI is InChI=1S/C8H17N/c1-6(2)7-4-8(7,3)5-9/h6-7H,4-5,9H2,1-3H3. The Morgan fingerprint density at radius 2 is 2.22 bits per heavy atom. The van der Waals surface area contributed by atoms with Crippen molar-refractivity contribution in [2.75, 3.05) is 6.54 Å². The fourth-order valence-corrected chi connectivity index (χ4v) is 1.72. The third-order valence-corrected chi connectivity index (χ3v) is 2.69. The van der Waals surface area contributed by atoms with Crippen molar-refractivity contribution in [1.29, 1.82) is 0 Å². The molecule has 0 aromatic heterocycles. The van der Waals surface area contributed by atoms with E-state index < -0.39 is 0 Å². The number of nitrogens with two attached hydrogens (primary N) is 1. The van der Waals surface area contributed by atoms with Gasteiger partial charge in [0.1, 0.15) is 0 Å². The van der Waals surface area contributed by atoms with Gasteiger partial charge in [0.15, 0.2) is 0 Å². The molecule has 0 saturated heterocycles. The van der Waals surface area contributed by atoms with Gasteiger partial charge in [0, 0.05) is 0 Å². The number of hydrogen-bond acceptors (Lipinski definition) is 1. The van der Waals surface area contributed by atoms with Crippen molar-refractivity contribution in [2.24, 2.45) is 23.0 Å². The zero-order valence-corrected chi connectivity index (χ0v) is 6.65. The highest BCUT2D eigenvalue weighted by atomic mass is 14.7. The molecule has 2 unspecified atom stereocenters. The van der Waals surface area contributed by atoms with E-state index >= 15 is 0 Å². The Morgan fingerprint density at radius 3 is 2.33 bits per heavy atom.